The standard InChI is InChI=1S/C12H8O4/c13-10-7-4-2-1-3-6(7)5-8-9(10)12(15)16-11(8)14/h1-5,8-9,13H. The molecule has 1 fully saturated rings. The van der Waals surface area contributed by atoms with E-state index in [1.54, 1.807) is 24.3 Å². The average molecular weight is 216 g/mol. The predicted octanol–water partition coefficient (Wildman–Crippen LogP) is -0.537. The van der Waals surface area contributed by atoms with Gasteiger partial charge < -0.3 is 9.84 Å². The summed E-state index contributed by atoms with van der Waals surface area (Å²) in [6.07, 6.45) is 1.67. The van der Waals surface area contributed by atoms with E-state index in [-0.39, 0.29) is 5.76 Å². The summed E-state index contributed by atoms with van der Waals surface area (Å²) in [6.45, 7) is 0. The molecule has 2 atom stereocenters. The molecule has 1 aromatic carbocycles. The molecule has 1 aliphatic heterocycles. The van der Waals surface area contributed by atoms with Crippen molar-refractivity contribution in [1.29, 1.82) is 0 Å². The van der Waals surface area contributed by atoms with E-state index < -0.39 is 23.8 Å². The van der Waals surface area contributed by atoms with Crippen molar-refractivity contribution in [2.75, 3.05) is 0 Å². The molecule has 4 heteroatoms. The second-order valence-electron chi connectivity index (χ2n) is 3.88. The van der Waals surface area contributed by atoms with Gasteiger partial charge in [-0.3, -0.25) is 9.59 Å². The van der Waals surface area contributed by atoms with Crippen LogP contribution >= 0.6 is 0 Å². The van der Waals surface area contributed by atoms with E-state index in [1.807, 2.05) is 6.07 Å². The molecule has 0 amide bonds. The molecule has 80 valence electrons. The van der Waals surface area contributed by atoms with Gasteiger partial charge in [-0.2, -0.15) is 0 Å². The minimum atomic E-state index is -0.859. The molecule has 0 bridgehead atoms. The van der Waals surface area contributed by atoms with Crippen molar-refractivity contribution < 1.29 is 19.4 Å². The first kappa shape index (κ1) is 9.15. The number of cyclic esters (lactones) is 2. The van der Waals surface area contributed by atoms with Crippen LogP contribution in [-0.2, 0) is 14.3 Å². The summed E-state index contributed by atoms with van der Waals surface area (Å²) in [6, 6.07) is 7.09. The molecule has 1 saturated heterocycles. The van der Waals surface area contributed by atoms with E-state index in [0.717, 1.165) is 5.22 Å². The summed E-state index contributed by atoms with van der Waals surface area (Å²) in [4.78, 5) is 22.8. The molecule has 0 radical (unpaired) electrons. The first-order valence-electron chi connectivity index (χ1n) is 4.94. The lowest BCUT2D eigenvalue weighted by atomic mass is 9.87. The van der Waals surface area contributed by atoms with Crippen molar-refractivity contribution >= 4 is 23.8 Å². The van der Waals surface area contributed by atoms with Gasteiger partial charge in [0.2, 0.25) is 0 Å². The maximum Gasteiger partial charge on any atom is 0.325 e. The number of aliphatic hydroxyl groups is 1. The van der Waals surface area contributed by atoms with E-state index in [2.05, 4.69) is 4.74 Å². The second kappa shape index (κ2) is 2.95. The third-order valence-electron chi connectivity index (χ3n) is 2.98. The number of ether oxygens (including phenoxy) is 1. The summed E-state index contributed by atoms with van der Waals surface area (Å²) in [5.41, 5.74) is 0. The molecule has 1 aromatic rings. The molecule has 4 nitrogen and oxygen atoms in total. The molecule has 0 saturated carbocycles. The zero-order valence-corrected chi connectivity index (χ0v) is 8.21. The Labute approximate surface area is 90.5 Å². The van der Waals surface area contributed by atoms with Crippen LogP contribution in [-0.4, -0.2) is 17.0 Å². The highest BCUT2D eigenvalue weighted by molar-refractivity contribution is 6.04. The Kier molecular flexibility index (Phi) is 1.68. The van der Waals surface area contributed by atoms with Crippen LogP contribution in [0.5, 0.6) is 0 Å². The molecular formula is C12H8O4. The van der Waals surface area contributed by atoms with E-state index in [4.69, 9.17) is 0 Å². The fourth-order valence-corrected chi connectivity index (χ4v) is 2.20. The lowest BCUT2D eigenvalue weighted by molar-refractivity contribution is -0.153. The highest BCUT2D eigenvalue weighted by Crippen LogP contribution is 2.31. The highest BCUT2D eigenvalue weighted by Gasteiger charge is 2.46. The molecule has 0 spiro atoms. The Morgan fingerprint density at radius 3 is 2.69 bits per heavy atom. The summed E-state index contributed by atoms with van der Waals surface area (Å²) in [5.74, 6) is -2.86. The number of carbonyl (C=O) groups is 2. The van der Waals surface area contributed by atoms with E-state index in [0.29, 0.717) is 5.22 Å². The summed E-state index contributed by atoms with van der Waals surface area (Å²) in [7, 11) is 0. The molecule has 2 aliphatic rings. The number of fused-ring (bicyclic) bond motifs is 2. The normalized spacial score (nSPS) is 26.9. The van der Waals surface area contributed by atoms with Gasteiger partial charge in [0.15, 0.2) is 0 Å². The number of benzene rings is 1. The van der Waals surface area contributed by atoms with Crippen molar-refractivity contribution in [3.63, 3.8) is 0 Å². The molecule has 0 aromatic heterocycles. The van der Waals surface area contributed by atoms with Gasteiger partial charge in [0.1, 0.15) is 11.7 Å². The van der Waals surface area contributed by atoms with Crippen molar-refractivity contribution in [1.82, 2.24) is 0 Å². The minimum Gasteiger partial charge on any atom is -0.511 e. The van der Waals surface area contributed by atoms with Crippen LogP contribution in [0.15, 0.2) is 24.3 Å². The maximum atomic E-state index is 11.4. The van der Waals surface area contributed by atoms with Crippen LogP contribution in [0.3, 0.4) is 0 Å². The summed E-state index contributed by atoms with van der Waals surface area (Å²) in [5, 5.41) is 11.3. The van der Waals surface area contributed by atoms with Crippen LogP contribution in [0.2, 0.25) is 0 Å². The topological polar surface area (TPSA) is 63.6 Å². The number of rotatable bonds is 0. The van der Waals surface area contributed by atoms with Gasteiger partial charge in [0, 0.05) is 5.22 Å². The fourth-order valence-electron chi connectivity index (χ4n) is 2.20. The van der Waals surface area contributed by atoms with Crippen LogP contribution in [0.25, 0.3) is 11.8 Å². The Bertz CT molecular complexity index is 614. The van der Waals surface area contributed by atoms with Gasteiger partial charge >= 0.3 is 11.9 Å². The number of carbonyl (C=O) groups excluding carboxylic acids is 2. The lowest BCUT2D eigenvalue weighted by Crippen LogP contribution is -2.37. The largest absolute Gasteiger partial charge is 0.511 e. The first-order chi connectivity index (χ1) is 7.68. The Morgan fingerprint density at radius 2 is 1.88 bits per heavy atom. The van der Waals surface area contributed by atoms with Crippen molar-refractivity contribution in [2.24, 2.45) is 11.8 Å². The SMILES string of the molecule is O=C1OC(=O)C2C(O)=c3ccccc3=CC12. The first-order valence-corrected chi connectivity index (χ1v) is 4.94. The molecule has 16 heavy (non-hydrogen) atoms. The molecule has 1 heterocycles. The lowest BCUT2D eigenvalue weighted by Gasteiger charge is -2.13. The van der Waals surface area contributed by atoms with Crippen LogP contribution < -0.4 is 10.4 Å². The van der Waals surface area contributed by atoms with E-state index in [1.165, 1.54) is 0 Å². The monoisotopic (exact) mass is 216 g/mol. The quantitative estimate of drug-likeness (QED) is 0.467. The number of aliphatic hydroxyl groups excluding tert-OH is 1. The summed E-state index contributed by atoms with van der Waals surface area (Å²) >= 11 is 0. The Morgan fingerprint density at radius 1 is 1.12 bits per heavy atom. The Hall–Kier alpha value is -2.10. The summed E-state index contributed by atoms with van der Waals surface area (Å²) < 4.78 is 4.52. The van der Waals surface area contributed by atoms with Gasteiger partial charge in [-0.15, -0.1) is 0 Å². The van der Waals surface area contributed by atoms with Crippen molar-refractivity contribution in [3.05, 3.63) is 34.7 Å². The minimum absolute atomic E-state index is 0.0704. The molecule has 1 aliphatic carbocycles. The average Bonchev–Trinajstić information content (AvgIpc) is 2.55. The molecule has 2 unspecified atom stereocenters. The number of esters is 2. The second-order valence-corrected chi connectivity index (χ2v) is 3.88. The van der Waals surface area contributed by atoms with Crippen LogP contribution in [0.1, 0.15) is 0 Å². The van der Waals surface area contributed by atoms with E-state index in [9.17, 15) is 14.7 Å². The third kappa shape index (κ3) is 1.04. The van der Waals surface area contributed by atoms with Crippen molar-refractivity contribution in [2.45, 2.75) is 0 Å². The predicted molar refractivity (Wildman–Crippen MR) is 54.3 cm³/mol. The van der Waals surface area contributed by atoms with Gasteiger partial charge in [0.25, 0.3) is 0 Å². The highest BCUT2D eigenvalue weighted by atomic mass is 16.6. The molecular weight excluding hydrogens is 208 g/mol. The van der Waals surface area contributed by atoms with Gasteiger partial charge in [-0.25, -0.2) is 0 Å². The fraction of sp³-hybridized carbons (Fsp3) is 0.167. The van der Waals surface area contributed by atoms with Crippen LogP contribution in [0, 0.1) is 11.8 Å². The zero-order valence-electron chi connectivity index (χ0n) is 8.21. The van der Waals surface area contributed by atoms with Gasteiger partial charge in [-0.1, -0.05) is 30.3 Å². The molecule has 1 N–H and O–H groups in total. The third-order valence-corrected chi connectivity index (χ3v) is 2.98. The van der Waals surface area contributed by atoms with Gasteiger partial charge in [-0.05, 0) is 5.22 Å². The maximum absolute atomic E-state index is 11.4. The van der Waals surface area contributed by atoms with E-state index >= 15 is 0 Å². The van der Waals surface area contributed by atoms with Crippen molar-refractivity contribution in [3.8, 4) is 0 Å². The Balaban J connectivity index is 2.35. The van der Waals surface area contributed by atoms with Gasteiger partial charge in [0.05, 0.1) is 5.92 Å². The van der Waals surface area contributed by atoms with Crippen LogP contribution in [0.4, 0.5) is 0 Å². The number of hydrogen-bond donors (Lipinski definition) is 1. The molecule has 3 rings (SSSR count). The number of hydrogen-bond acceptors (Lipinski definition) is 4. The smallest absolute Gasteiger partial charge is 0.325 e. The zero-order chi connectivity index (χ0) is 11.3.